The summed E-state index contributed by atoms with van der Waals surface area (Å²) in [6, 6.07) is 0. The van der Waals surface area contributed by atoms with Gasteiger partial charge in [0.1, 0.15) is 5.82 Å². The first-order valence-corrected chi connectivity index (χ1v) is 4.92. The van der Waals surface area contributed by atoms with Crippen LogP contribution in [0.3, 0.4) is 0 Å². The molecule has 0 bridgehead atoms. The summed E-state index contributed by atoms with van der Waals surface area (Å²) in [5, 5.41) is 9.29. The van der Waals surface area contributed by atoms with Crippen LogP contribution >= 0.6 is 11.3 Å². The van der Waals surface area contributed by atoms with Gasteiger partial charge < -0.3 is 5.73 Å². The summed E-state index contributed by atoms with van der Waals surface area (Å²) in [6.07, 6.45) is -2.99. The van der Waals surface area contributed by atoms with Gasteiger partial charge in [-0.1, -0.05) is 11.3 Å². The van der Waals surface area contributed by atoms with Gasteiger partial charge in [-0.2, -0.15) is 13.2 Å². The second kappa shape index (κ2) is 3.44. The van der Waals surface area contributed by atoms with Crippen LogP contribution in [0.5, 0.6) is 0 Å². The van der Waals surface area contributed by atoms with E-state index in [2.05, 4.69) is 15.3 Å². The van der Waals surface area contributed by atoms with Crippen LogP contribution in [0.4, 0.5) is 19.0 Å². The van der Waals surface area contributed by atoms with Gasteiger partial charge in [0.25, 0.3) is 0 Å². The summed E-state index contributed by atoms with van der Waals surface area (Å²) >= 11 is 0.413. The third kappa shape index (κ3) is 1.85. The number of aromatic nitrogens is 4. The van der Waals surface area contributed by atoms with E-state index in [9.17, 15) is 13.2 Å². The lowest BCUT2D eigenvalue weighted by Crippen LogP contribution is -2.03. The van der Waals surface area contributed by atoms with Gasteiger partial charge in [0.15, 0.2) is 0 Å². The maximum absolute atomic E-state index is 12.3. The van der Waals surface area contributed by atoms with Crippen LogP contribution < -0.4 is 5.73 Å². The van der Waals surface area contributed by atoms with Gasteiger partial charge in [0, 0.05) is 11.8 Å². The topological polar surface area (TPSA) is 69.6 Å². The van der Waals surface area contributed by atoms with Crippen molar-refractivity contribution >= 4 is 17.2 Å². The molecule has 0 atom stereocenters. The molecular formula is C7H6F3N5S. The van der Waals surface area contributed by atoms with E-state index in [-0.39, 0.29) is 10.9 Å². The van der Waals surface area contributed by atoms with E-state index in [1.54, 1.807) is 6.92 Å². The van der Waals surface area contributed by atoms with Crippen LogP contribution in [0.1, 0.15) is 10.6 Å². The first-order chi connectivity index (χ1) is 7.38. The largest absolute Gasteiger partial charge is 0.445 e. The lowest BCUT2D eigenvalue weighted by molar-refractivity contribution is -0.138. The SMILES string of the molecule is Cc1cn(-c2nnc(C(F)(F)F)s2)nc1N. The van der Waals surface area contributed by atoms with Crippen molar-refractivity contribution in [1.29, 1.82) is 0 Å². The minimum absolute atomic E-state index is 0.0344. The molecule has 0 unspecified atom stereocenters. The fourth-order valence-electron chi connectivity index (χ4n) is 0.994. The minimum atomic E-state index is -4.48. The number of nitrogens with zero attached hydrogens (tertiary/aromatic N) is 4. The van der Waals surface area contributed by atoms with E-state index in [4.69, 9.17) is 5.73 Å². The molecule has 0 saturated heterocycles. The zero-order chi connectivity index (χ0) is 11.9. The number of rotatable bonds is 1. The molecule has 86 valence electrons. The Bertz CT molecular complexity index is 495. The number of nitrogen functional groups attached to an aromatic ring is 1. The molecule has 0 amide bonds. The highest BCUT2D eigenvalue weighted by Crippen LogP contribution is 2.32. The summed E-state index contributed by atoms with van der Waals surface area (Å²) in [5.41, 5.74) is 6.14. The fraction of sp³-hybridized carbons (Fsp3) is 0.286. The van der Waals surface area contributed by atoms with Gasteiger partial charge in [-0.3, -0.25) is 0 Å². The Hall–Kier alpha value is -1.64. The van der Waals surface area contributed by atoms with E-state index < -0.39 is 11.2 Å². The van der Waals surface area contributed by atoms with Crippen molar-refractivity contribution in [2.75, 3.05) is 5.73 Å². The van der Waals surface area contributed by atoms with Crippen LogP contribution in [0.2, 0.25) is 0 Å². The van der Waals surface area contributed by atoms with E-state index in [0.717, 1.165) is 0 Å². The molecule has 2 heterocycles. The number of alkyl halides is 3. The normalized spacial score (nSPS) is 12.0. The second-order valence-electron chi connectivity index (χ2n) is 3.03. The Balaban J connectivity index is 2.39. The molecule has 16 heavy (non-hydrogen) atoms. The summed E-state index contributed by atoms with van der Waals surface area (Å²) in [7, 11) is 0. The van der Waals surface area contributed by atoms with Crippen molar-refractivity contribution < 1.29 is 13.2 Å². The number of hydrogen-bond donors (Lipinski definition) is 1. The van der Waals surface area contributed by atoms with Crippen molar-refractivity contribution in [3.8, 4) is 5.13 Å². The average molecular weight is 249 g/mol. The molecule has 2 aromatic heterocycles. The number of aryl methyl sites for hydroxylation is 1. The Morgan fingerprint density at radius 2 is 2.06 bits per heavy atom. The lowest BCUT2D eigenvalue weighted by atomic mass is 10.4. The molecule has 0 radical (unpaired) electrons. The highest BCUT2D eigenvalue weighted by Gasteiger charge is 2.35. The molecule has 0 aliphatic heterocycles. The number of halogens is 3. The molecule has 0 aromatic carbocycles. The number of nitrogens with two attached hydrogens (primary N) is 1. The standard InChI is InChI=1S/C7H6F3N5S/c1-3-2-15(14-4(3)11)6-13-12-5(16-6)7(8,9)10/h2H,1H3,(H2,11,14). The summed E-state index contributed by atoms with van der Waals surface area (Å²) < 4.78 is 37.9. The Labute approximate surface area is 91.7 Å². The van der Waals surface area contributed by atoms with Crippen molar-refractivity contribution in [1.82, 2.24) is 20.0 Å². The molecule has 2 aromatic rings. The fourth-order valence-corrected chi connectivity index (χ4v) is 1.63. The van der Waals surface area contributed by atoms with Gasteiger partial charge in [-0.15, -0.1) is 15.3 Å². The molecule has 2 N–H and O–H groups in total. The number of anilines is 1. The summed E-state index contributed by atoms with van der Waals surface area (Å²) in [6.45, 7) is 1.70. The second-order valence-corrected chi connectivity index (χ2v) is 3.99. The average Bonchev–Trinajstić information content (AvgIpc) is 2.73. The predicted molar refractivity (Wildman–Crippen MR) is 51.2 cm³/mol. The van der Waals surface area contributed by atoms with Crippen LogP contribution in [-0.4, -0.2) is 20.0 Å². The van der Waals surface area contributed by atoms with Gasteiger partial charge >= 0.3 is 6.18 Å². The Morgan fingerprint density at radius 3 is 2.50 bits per heavy atom. The van der Waals surface area contributed by atoms with Crippen molar-refractivity contribution in [3.63, 3.8) is 0 Å². The highest BCUT2D eigenvalue weighted by molar-refractivity contribution is 7.13. The zero-order valence-corrected chi connectivity index (χ0v) is 8.80. The van der Waals surface area contributed by atoms with E-state index in [1.807, 2.05) is 0 Å². The van der Waals surface area contributed by atoms with Crippen LogP contribution in [-0.2, 0) is 6.18 Å². The third-order valence-corrected chi connectivity index (χ3v) is 2.75. The smallest absolute Gasteiger partial charge is 0.382 e. The molecule has 2 rings (SSSR count). The number of hydrogen-bond acceptors (Lipinski definition) is 5. The molecule has 0 fully saturated rings. The maximum atomic E-state index is 12.3. The zero-order valence-electron chi connectivity index (χ0n) is 7.99. The highest BCUT2D eigenvalue weighted by atomic mass is 32.1. The molecule has 0 spiro atoms. The summed E-state index contributed by atoms with van der Waals surface area (Å²) in [5.74, 6) is 0.253. The maximum Gasteiger partial charge on any atom is 0.445 e. The molecule has 0 saturated carbocycles. The molecule has 0 aliphatic rings. The van der Waals surface area contributed by atoms with Crippen molar-refractivity contribution in [3.05, 3.63) is 16.8 Å². The van der Waals surface area contributed by atoms with E-state index >= 15 is 0 Å². The monoisotopic (exact) mass is 249 g/mol. The van der Waals surface area contributed by atoms with Gasteiger partial charge in [-0.25, -0.2) is 4.68 Å². The van der Waals surface area contributed by atoms with Gasteiger partial charge in [0.2, 0.25) is 10.1 Å². The quantitative estimate of drug-likeness (QED) is 0.834. The van der Waals surface area contributed by atoms with Crippen molar-refractivity contribution in [2.24, 2.45) is 0 Å². The van der Waals surface area contributed by atoms with Gasteiger partial charge in [0.05, 0.1) is 0 Å². The molecule has 9 heteroatoms. The Morgan fingerprint density at radius 1 is 1.38 bits per heavy atom. The molecule has 5 nitrogen and oxygen atoms in total. The first-order valence-electron chi connectivity index (χ1n) is 4.11. The van der Waals surface area contributed by atoms with Gasteiger partial charge in [-0.05, 0) is 6.92 Å². The van der Waals surface area contributed by atoms with E-state index in [1.165, 1.54) is 10.9 Å². The van der Waals surface area contributed by atoms with Crippen molar-refractivity contribution in [2.45, 2.75) is 13.1 Å². The third-order valence-electron chi connectivity index (χ3n) is 1.79. The van der Waals surface area contributed by atoms with Crippen LogP contribution in [0.15, 0.2) is 6.20 Å². The molecular weight excluding hydrogens is 243 g/mol. The first kappa shape index (κ1) is 10.9. The lowest BCUT2D eigenvalue weighted by Gasteiger charge is -1.97. The van der Waals surface area contributed by atoms with Crippen LogP contribution in [0.25, 0.3) is 5.13 Å². The molecule has 0 aliphatic carbocycles. The van der Waals surface area contributed by atoms with E-state index in [0.29, 0.717) is 16.9 Å². The Kier molecular flexibility index (Phi) is 2.34. The minimum Gasteiger partial charge on any atom is -0.382 e. The van der Waals surface area contributed by atoms with Crippen LogP contribution in [0, 0.1) is 6.92 Å². The predicted octanol–water partition coefficient (Wildman–Crippen LogP) is 1.63. The summed E-state index contributed by atoms with van der Waals surface area (Å²) in [4.78, 5) is 0.